The van der Waals surface area contributed by atoms with Gasteiger partial charge in [-0.25, -0.2) is 4.39 Å². The highest BCUT2D eigenvalue weighted by atomic mass is 19.1. The highest BCUT2D eigenvalue weighted by Gasteiger charge is 2.44. The Hall–Kier alpha value is -1.95. The van der Waals surface area contributed by atoms with Gasteiger partial charge in [-0.3, -0.25) is 9.59 Å². The third kappa shape index (κ3) is 3.86. The summed E-state index contributed by atoms with van der Waals surface area (Å²) in [4.78, 5) is 28.6. The molecule has 2 saturated heterocycles. The maximum absolute atomic E-state index is 13.4. The minimum Gasteiger partial charge on any atom is -0.363 e. The van der Waals surface area contributed by atoms with Crippen LogP contribution >= 0.6 is 0 Å². The number of carbonyl (C=O) groups excluding carboxylic acids is 2. The highest BCUT2D eigenvalue weighted by Crippen LogP contribution is 2.37. The predicted molar refractivity (Wildman–Crippen MR) is 98.2 cm³/mol. The first-order valence-corrected chi connectivity index (χ1v) is 9.89. The van der Waals surface area contributed by atoms with Gasteiger partial charge < -0.3 is 14.5 Å². The number of carbonyl (C=O) groups is 2. The summed E-state index contributed by atoms with van der Waals surface area (Å²) in [5.41, 5.74) is 0.400. The summed E-state index contributed by atoms with van der Waals surface area (Å²) in [7, 11) is 0. The Labute approximate surface area is 159 Å². The predicted octanol–water partition coefficient (Wildman–Crippen LogP) is 2.59. The molecule has 1 saturated carbocycles. The first-order chi connectivity index (χ1) is 12.9. The van der Waals surface area contributed by atoms with Crippen LogP contribution in [0.4, 0.5) is 4.39 Å². The Kier molecular flexibility index (Phi) is 4.93. The zero-order chi connectivity index (χ0) is 19.0. The maximum Gasteiger partial charge on any atom is 0.248 e. The summed E-state index contributed by atoms with van der Waals surface area (Å²) >= 11 is 0. The number of amides is 2. The fourth-order valence-corrected chi connectivity index (χ4v) is 4.59. The first-order valence-electron chi connectivity index (χ1n) is 9.89. The maximum atomic E-state index is 13.4. The normalized spacial score (nSPS) is 27.6. The molecule has 6 heteroatoms. The third-order valence-corrected chi connectivity index (χ3v) is 6.31. The summed E-state index contributed by atoms with van der Waals surface area (Å²) in [5.74, 6) is 0.796. The van der Waals surface area contributed by atoms with Crippen molar-refractivity contribution in [1.82, 2.24) is 9.80 Å². The Morgan fingerprint density at radius 3 is 2.70 bits per heavy atom. The lowest BCUT2D eigenvalue weighted by atomic mass is 9.75. The number of hydrogen-bond donors (Lipinski definition) is 0. The van der Waals surface area contributed by atoms with Gasteiger partial charge in [-0.15, -0.1) is 0 Å². The van der Waals surface area contributed by atoms with Crippen LogP contribution in [0.15, 0.2) is 24.3 Å². The molecule has 2 aliphatic heterocycles. The summed E-state index contributed by atoms with van der Waals surface area (Å²) in [6.45, 7) is 4.52. The minimum absolute atomic E-state index is 0.0589. The number of rotatable bonds is 3. The molecule has 5 nitrogen and oxygen atoms in total. The molecule has 1 spiro atoms. The van der Waals surface area contributed by atoms with Gasteiger partial charge in [0, 0.05) is 25.6 Å². The van der Waals surface area contributed by atoms with Crippen LogP contribution in [0.2, 0.25) is 0 Å². The average Bonchev–Trinajstić information content (AvgIpc) is 2.63. The second-order valence-electron chi connectivity index (χ2n) is 8.45. The van der Waals surface area contributed by atoms with Gasteiger partial charge in [0.15, 0.2) is 0 Å². The molecule has 1 aliphatic carbocycles. The SMILES string of the molecule is CC1CC(C(=O)N2CCC3(CC2)CN(Cc2cccc(F)c2)C(=O)CO3)C1. The van der Waals surface area contributed by atoms with Crippen molar-refractivity contribution in [3.8, 4) is 0 Å². The third-order valence-electron chi connectivity index (χ3n) is 6.31. The number of benzene rings is 1. The lowest BCUT2D eigenvalue weighted by Gasteiger charge is -2.48. The van der Waals surface area contributed by atoms with Crippen LogP contribution in [-0.4, -0.2) is 53.5 Å². The van der Waals surface area contributed by atoms with Gasteiger partial charge >= 0.3 is 0 Å². The zero-order valence-electron chi connectivity index (χ0n) is 15.8. The molecule has 27 heavy (non-hydrogen) atoms. The van der Waals surface area contributed by atoms with E-state index in [1.807, 2.05) is 11.0 Å². The first kappa shape index (κ1) is 18.4. The molecule has 0 radical (unpaired) electrons. The Morgan fingerprint density at radius 2 is 2.04 bits per heavy atom. The monoisotopic (exact) mass is 374 g/mol. The molecule has 0 N–H and O–H groups in total. The standard InChI is InChI=1S/C21H27FN2O3/c1-15-9-17(10-15)20(26)23-7-5-21(6-8-23)14-24(19(25)13-27-21)12-16-3-2-4-18(22)11-16/h2-4,11,15,17H,5-10,12-14H2,1H3. The minimum atomic E-state index is -0.384. The zero-order valence-corrected chi connectivity index (χ0v) is 15.8. The smallest absolute Gasteiger partial charge is 0.248 e. The van der Waals surface area contributed by atoms with E-state index in [4.69, 9.17) is 4.74 Å². The summed E-state index contributed by atoms with van der Waals surface area (Å²) in [5, 5.41) is 0. The molecule has 0 unspecified atom stereocenters. The van der Waals surface area contributed by atoms with E-state index in [0.29, 0.717) is 32.1 Å². The Balaban J connectivity index is 1.36. The van der Waals surface area contributed by atoms with E-state index in [9.17, 15) is 14.0 Å². The van der Waals surface area contributed by atoms with Crippen LogP contribution in [0.25, 0.3) is 0 Å². The van der Waals surface area contributed by atoms with E-state index in [0.717, 1.165) is 31.2 Å². The van der Waals surface area contributed by atoms with E-state index >= 15 is 0 Å². The van der Waals surface area contributed by atoms with Crippen molar-refractivity contribution in [3.05, 3.63) is 35.6 Å². The molecule has 2 heterocycles. The van der Waals surface area contributed by atoms with Crippen molar-refractivity contribution in [1.29, 1.82) is 0 Å². The Morgan fingerprint density at radius 1 is 1.30 bits per heavy atom. The number of piperidine rings is 1. The van der Waals surface area contributed by atoms with Gasteiger partial charge in [-0.05, 0) is 49.3 Å². The molecule has 4 rings (SSSR count). The largest absolute Gasteiger partial charge is 0.363 e. The molecule has 3 fully saturated rings. The van der Waals surface area contributed by atoms with Crippen LogP contribution in [0, 0.1) is 17.7 Å². The summed E-state index contributed by atoms with van der Waals surface area (Å²) in [6, 6.07) is 6.37. The van der Waals surface area contributed by atoms with Gasteiger partial charge in [0.05, 0.1) is 12.1 Å². The molecule has 0 bridgehead atoms. The van der Waals surface area contributed by atoms with E-state index in [2.05, 4.69) is 6.92 Å². The van der Waals surface area contributed by atoms with Crippen molar-refractivity contribution >= 4 is 11.8 Å². The van der Waals surface area contributed by atoms with Crippen molar-refractivity contribution in [2.24, 2.45) is 11.8 Å². The van der Waals surface area contributed by atoms with E-state index in [-0.39, 0.29) is 35.8 Å². The second kappa shape index (κ2) is 7.23. The van der Waals surface area contributed by atoms with Crippen LogP contribution in [0.1, 0.15) is 38.2 Å². The van der Waals surface area contributed by atoms with Gasteiger partial charge in [-0.1, -0.05) is 19.1 Å². The molecule has 1 aromatic carbocycles. The molecule has 3 aliphatic rings. The van der Waals surface area contributed by atoms with Crippen molar-refractivity contribution in [3.63, 3.8) is 0 Å². The molecule has 2 amide bonds. The molecule has 0 atom stereocenters. The van der Waals surface area contributed by atoms with Crippen molar-refractivity contribution in [2.75, 3.05) is 26.2 Å². The number of hydrogen-bond acceptors (Lipinski definition) is 3. The molecule has 0 aromatic heterocycles. The number of likely N-dealkylation sites (tertiary alicyclic amines) is 1. The number of halogens is 1. The quantitative estimate of drug-likeness (QED) is 0.817. The molecule has 146 valence electrons. The van der Waals surface area contributed by atoms with Crippen molar-refractivity contribution < 1.29 is 18.7 Å². The average molecular weight is 374 g/mol. The fraction of sp³-hybridized carbons (Fsp3) is 0.619. The topological polar surface area (TPSA) is 49.9 Å². The van der Waals surface area contributed by atoms with Crippen molar-refractivity contribution in [2.45, 2.75) is 44.8 Å². The Bertz CT molecular complexity index is 724. The molecule has 1 aromatic rings. The summed E-state index contributed by atoms with van der Waals surface area (Å²) < 4.78 is 19.4. The van der Waals surface area contributed by atoms with Gasteiger partial charge in [0.2, 0.25) is 11.8 Å². The highest BCUT2D eigenvalue weighted by molar-refractivity contribution is 5.80. The van der Waals surface area contributed by atoms with Crippen LogP contribution < -0.4 is 0 Å². The summed E-state index contributed by atoms with van der Waals surface area (Å²) in [6.07, 6.45) is 3.50. The van der Waals surface area contributed by atoms with Gasteiger partial charge in [-0.2, -0.15) is 0 Å². The lowest BCUT2D eigenvalue weighted by molar-refractivity contribution is -0.175. The van der Waals surface area contributed by atoms with Crippen LogP contribution in [0.5, 0.6) is 0 Å². The van der Waals surface area contributed by atoms with Gasteiger partial charge in [0.1, 0.15) is 12.4 Å². The van der Waals surface area contributed by atoms with Gasteiger partial charge in [0.25, 0.3) is 0 Å². The van der Waals surface area contributed by atoms with Crippen LogP contribution in [0.3, 0.4) is 0 Å². The van der Waals surface area contributed by atoms with E-state index in [1.54, 1.807) is 11.0 Å². The molecular formula is C21H27FN2O3. The van der Waals surface area contributed by atoms with E-state index in [1.165, 1.54) is 12.1 Å². The number of nitrogens with zero attached hydrogens (tertiary/aromatic N) is 2. The second-order valence-corrected chi connectivity index (χ2v) is 8.45. The number of morpholine rings is 1. The van der Waals surface area contributed by atoms with Crippen LogP contribution in [-0.2, 0) is 20.9 Å². The fourth-order valence-electron chi connectivity index (χ4n) is 4.59. The molecular weight excluding hydrogens is 347 g/mol. The van der Waals surface area contributed by atoms with E-state index < -0.39 is 0 Å². The number of ether oxygens (including phenoxy) is 1. The lowest BCUT2D eigenvalue weighted by Crippen LogP contribution is -2.59.